The molecule has 0 aliphatic heterocycles. The van der Waals surface area contributed by atoms with Crippen LogP contribution < -0.4 is 0 Å². The molecule has 1 saturated carbocycles. The molecule has 0 saturated heterocycles. The van der Waals surface area contributed by atoms with Gasteiger partial charge in [-0.2, -0.15) is 0 Å². The molecular weight excluding hydrogens is 262 g/mol. The summed E-state index contributed by atoms with van der Waals surface area (Å²) in [4.78, 5) is 13.6. The zero-order chi connectivity index (χ0) is 15.7. The summed E-state index contributed by atoms with van der Waals surface area (Å²) in [6, 6.07) is 0. The highest BCUT2D eigenvalue weighted by molar-refractivity contribution is 5.88. The Labute approximate surface area is 130 Å². The summed E-state index contributed by atoms with van der Waals surface area (Å²) < 4.78 is 0. The number of likely N-dealkylation sites (N-methyl/N-ethyl adjacent to an activating group) is 1. The number of unbranched alkanes of at least 4 members (excludes halogenated alkanes) is 3. The zero-order valence-corrected chi connectivity index (χ0v) is 14.1. The van der Waals surface area contributed by atoms with E-state index in [4.69, 9.17) is 0 Å². The van der Waals surface area contributed by atoms with Crippen molar-refractivity contribution in [2.24, 2.45) is 5.92 Å². The Morgan fingerprint density at radius 1 is 1.19 bits per heavy atom. The van der Waals surface area contributed by atoms with Crippen molar-refractivity contribution in [2.75, 3.05) is 14.1 Å². The van der Waals surface area contributed by atoms with Crippen molar-refractivity contribution in [3.63, 3.8) is 0 Å². The largest absolute Gasteiger partial charge is 0.388 e. The van der Waals surface area contributed by atoms with Crippen LogP contribution in [0.2, 0.25) is 0 Å². The molecular formula is C18H33NO2. The lowest BCUT2D eigenvalue weighted by Crippen LogP contribution is -2.27. The van der Waals surface area contributed by atoms with Crippen LogP contribution in [0.15, 0.2) is 11.6 Å². The average molecular weight is 295 g/mol. The monoisotopic (exact) mass is 295 g/mol. The molecule has 1 atom stereocenters. The van der Waals surface area contributed by atoms with Crippen molar-refractivity contribution in [3.05, 3.63) is 11.6 Å². The molecule has 0 aromatic heterocycles. The number of hydrogen-bond donors (Lipinski definition) is 1. The van der Waals surface area contributed by atoms with E-state index in [0.29, 0.717) is 5.92 Å². The van der Waals surface area contributed by atoms with E-state index >= 15 is 0 Å². The molecule has 1 aliphatic rings. The Morgan fingerprint density at radius 2 is 1.86 bits per heavy atom. The number of aliphatic hydroxyl groups excluding tert-OH is 1. The lowest BCUT2D eigenvalue weighted by molar-refractivity contribution is -0.123. The molecule has 0 bridgehead atoms. The van der Waals surface area contributed by atoms with Crippen molar-refractivity contribution in [2.45, 2.75) is 77.2 Å². The van der Waals surface area contributed by atoms with Crippen LogP contribution >= 0.6 is 0 Å². The quantitative estimate of drug-likeness (QED) is 0.545. The number of rotatable bonds is 8. The normalized spacial score (nSPS) is 18.6. The number of aliphatic hydroxyl groups is 1. The third kappa shape index (κ3) is 6.64. The Morgan fingerprint density at radius 3 is 2.43 bits per heavy atom. The first-order valence-corrected chi connectivity index (χ1v) is 8.66. The van der Waals surface area contributed by atoms with Crippen LogP contribution in [0.5, 0.6) is 0 Å². The van der Waals surface area contributed by atoms with Crippen LogP contribution in [0.25, 0.3) is 0 Å². The molecule has 0 radical (unpaired) electrons. The van der Waals surface area contributed by atoms with Crippen LogP contribution in [0.1, 0.15) is 71.1 Å². The SMILES string of the molecule is CCCCCC/C(=C\C(=O)N(C)C)C(O)C1CCCCC1. The summed E-state index contributed by atoms with van der Waals surface area (Å²) in [6.07, 6.45) is 12.7. The van der Waals surface area contributed by atoms with Crippen LogP contribution in [0.3, 0.4) is 0 Å². The molecule has 1 unspecified atom stereocenters. The number of hydrogen-bond acceptors (Lipinski definition) is 2. The van der Waals surface area contributed by atoms with Gasteiger partial charge in [-0.15, -0.1) is 0 Å². The van der Waals surface area contributed by atoms with E-state index in [-0.39, 0.29) is 5.91 Å². The lowest BCUT2D eigenvalue weighted by Gasteiger charge is -2.28. The molecule has 3 heteroatoms. The summed E-state index contributed by atoms with van der Waals surface area (Å²) in [5.74, 6) is 0.349. The predicted octanol–water partition coefficient (Wildman–Crippen LogP) is 3.91. The van der Waals surface area contributed by atoms with Gasteiger partial charge in [-0.05, 0) is 37.2 Å². The Kier molecular flexibility index (Phi) is 8.67. The van der Waals surface area contributed by atoms with Gasteiger partial charge in [0.1, 0.15) is 0 Å². The molecule has 0 aromatic carbocycles. The first-order valence-electron chi connectivity index (χ1n) is 8.66. The van der Waals surface area contributed by atoms with Crippen molar-refractivity contribution >= 4 is 5.91 Å². The van der Waals surface area contributed by atoms with Gasteiger partial charge in [0, 0.05) is 20.2 Å². The van der Waals surface area contributed by atoms with Gasteiger partial charge in [0.25, 0.3) is 0 Å². The van der Waals surface area contributed by atoms with Crippen LogP contribution in [-0.2, 0) is 4.79 Å². The molecule has 122 valence electrons. The summed E-state index contributed by atoms with van der Waals surface area (Å²) >= 11 is 0. The smallest absolute Gasteiger partial charge is 0.246 e. The van der Waals surface area contributed by atoms with Crippen molar-refractivity contribution < 1.29 is 9.90 Å². The second-order valence-corrected chi connectivity index (χ2v) is 6.61. The van der Waals surface area contributed by atoms with Gasteiger partial charge in [-0.1, -0.05) is 45.4 Å². The second kappa shape index (κ2) is 9.99. The van der Waals surface area contributed by atoms with Gasteiger partial charge in [0.2, 0.25) is 5.91 Å². The maximum Gasteiger partial charge on any atom is 0.246 e. The lowest BCUT2D eigenvalue weighted by atomic mass is 9.81. The van der Waals surface area contributed by atoms with E-state index in [2.05, 4.69) is 6.92 Å². The van der Waals surface area contributed by atoms with E-state index < -0.39 is 6.10 Å². The minimum absolute atomic E-state index is 0.00430. The molecule has 1 N–H and O–H groups in total. The fourth-order valence-corrected chi connectivity index (χ4v) is 3.10. The topological polar surface area (TPSA) is 40.5 Å². The van der Waals surface area contributed by atoms with Gasteiger partial charge < -0.3 is 10.0 Å². The standard InChI is InChI=1S/C18H33NO2/c1-4-5-6-8-13-16(14-17(20)19(2)3)18(21)15-11-9-7-10-12-15/h14-15,18,21H,4-13H2,1-3H3/b16-14+. The first-order chi connectivity index (χ1) is 10.1. The van der Waals surface area contributed by atoms with E-state index in [1.165, 1.54) is 38.5 Å². The highest BCUT2D eigenvalue weighted by atomic mass is 16.3. The van der Waals surface area contributed by atoms with E-state index in [1.54, 1.807) is 25.1 Å². The molecule has 0 aromatic rings. The molecule has 1 fully saturated rings. The van der Waals surface area contributed by atoms with E-state index in [9.17, 15) is 9.90 Å². The first kappa shape index (κ1) is 18.2. The maximum absolute atomic E-state index is 12.0. The van der Waals surface area contributed by atoms with Gasteiger partial charge >= 0.3 is 0 Å². The minimum atomic E-state index is -0.421. The maximum atomic E-state index is 12.0. The molecule has 1 amide bonds. The third-order valence-corrected chi connectivity index (χ3v) is 4.54. The Bertz CT molecular complexity index is 330. The number of carbonyl (C=O) groups excluding carboxylic acids is 1. The number of carbonyl (C=O) groups is 1. The van der Waals surface area contributed by atoms with Gasteiger partial charge in [0.15, 0.2) is 0 Å². The fourth-order valence-electron chi connectivity index (χ4n) is 3.10. The molecule has 0 spiro atoms. The van der Waals surface area contributed by atoms with Crippen molar-refractivity contribution in [1.82, 2.24) is 4.90 Å². The van der Waals surface area contributed by atoms with E-state index in [0.717, 1.165) is 31.3 Å². The molecule has 21 heavy (non-hydrogen) atoms. The summed E-state index contributed by atoms with van der Waals surface area (Å²) in [5.41, 5.74) is 0.955. The van der Waals surface area contributed by atoms with Gasteiger partial charge in [-0.25, -0.2) is 0 Å². The zero-order valence-electron chi connectivity index (χ0n) is 14.1. The average Bonchev–Trinajstić information content (AvgIpc) is 2.50. The van der Waals surface area contributed by atoms with Crippen molar-refractivity contribution in [3.8, 4) is 0 Å². The van der Waals surface area contributed by atoms with Gasteiger partial charge in [-0.3, -0.25) is 4.79 Å². The van der Waals surface area contributed by atoms with Crippen LogP contribution in [0, 0.1) is 5.92 Å². The highest BCUT2D eigenvalue weighted by Gasteiger charge is 2.25. The Balaban J connectivity index is 2.67. The summed E-state index contributed by atoms with van der Waals surface area (Å²) in [5, 5.41) is 10.7. The van der Waals surface area contributed by atoms with Crippen molar-refractivity contribution in [1.29, 1.82) is 0 Å². The van der Waals surface area contributed by atoms with Gasteiger partial charge in [0.05, 0.1) is 6.10 Å². The fraction of sp³-hybridized carbons (Fsp3) is 0.833. The molecule has 1 aliphatic carbocycles. The number of amides is 1. The van der Waals surface area contributed by atoms with E-state index in [1.807, 2.05) is 0 Å². The summed E-state index contributed by atoms with van der Waals surface area (Å²) in [7, 11) is 3.53. The molecule has 1 rings (SSSR count). The highest BCUT2D eigenvalue weighted by Crippen LogP contribution is 2.31. The Hall–Kier alpha value is -0.830. The molecule has 0 heterocycles. The third-order valence-electron chi connectivity index (χ3n) is 4.54. The van der Waals surface area contributed by atoms with Crippen LogP contribution in [0.4, 0.5) is 0 Å². The molecule has 3 nitrogen and oxygen atoms in total. The predicted molar refractivity (Wildman–Crippen MR) is 88.1 cm³/mol. The summed E-state index contributed by atoms with van der Waals surface area (Å²) in [6.45, 7) is 2.20. The number of nitrogens with zero attached hydrogens (tertiary/aromatic N) is 1. The second-order valence-electron chi connectivity index (χ2n) is 6.61. The van der Waals surface area contributed by atoms with Crippen LogP contribution in [-0.4, -0.2) is 36.1 Å². The minimum Gasteiger partial charge on any atom is -0.388 e.